The Morgan fingerprint density at radius 2 is 1.80 bits per heavy atom. The zero-order chi connectivity index (χ0) is 31.1. The summed E-state index contributed by atoms with van der Waals surface area (Å²) in [7, 11) is 0. The molecule has 12 heteroatoms. The van der Waals surface area contributed by atoms with Crippen molar-refractivity contribution in [2.24, 2.45) is 5.10 Å². The van der Waals surface area contributed by atoms with E-state index in [9.17, 15) is 18.0 Å². The smallest absolute Gasteiger partial charge is 0.416 e. The van der Waals surface area contributed by atoms with Crippen LogP contribution in [0.25, 0.3) is 10.8 Å². The van der Waals surface area contributed by atoms with Crippen molar-refractivity contribution in [2.45, 2.75) is 26.1 Å². The highest BCUT2D eigenvalue weighted by atomic mass is 79.9. The summed E-state index contributed by atoms with van der Waals surface area (Å²) in [6.45, 7) is 2.66. The van der Waals surface area contributed by atoms with Gasteiger partial charge in [0, 0.05) is 21.1 Å². The molecular weight excluding hydrogens is 657 g/mol. The molecule has 0 saturated heterocycles. The summed E-state index contributed by atoms with van der Waals surface area (Å²) in [6, 6.07) is 22.7. The van der Waals surface area contributed by atoms with Crippen LogP contribution in [0.1, 0.15) is 29.3 Å². The van der Waals surface area contributed by atoms with Gasteiger partial charge in [0.1, 0.15) is 6.61 Å². The van der Waals surface area contributed by atoms with E-state index >= 15 is 0 Å². The van der Waals surface area contributed by atoms with Crippen LogP contribution >= 0.6 is 27.3 Å². The minimum absolute atomic E-state index is 0.0645. The molecular formula is C32H26BrF3N4O3S. The van der Waals surface area contributed by atoms with Gasteiger partial charge in [-0.05, 0) is 75.6 Å². The van der Waals surface area contributed by atoms with Gasteiger partial charge in [0.05, 0.1) is 30.5 Å². The van der Waals surface area contributed by atoms with Crippen LogP contribution in [0.5, 0.6) is 11.5 Å². The van der Waals surface area contributed by atoms with E-state index in [0.29, 0.717) is 45.6 Å². The molecule has 44 heavy (non-hydrogen) atoms. The number of halogens is 4. The van der Waals surface area contributed by atoms with Crippen LogP contribution in [0.4, 0.5) is 24.0 Å². The van der Waals surface area contributed by atoms with E-state index in [1.165, 1.54) is 29.7 Å². The van der Waals surface area contributed by atoms with E-state index in [2.05, 4.69) is 61.0 Å². The molecule has 0 spiro atoms. The Labute approximate surface area is 263 Å². The fraction of sp³-hybridized carbons (Fsp3) is 0.156. The molecule has 0 atom stereocenters. The van der Waals surface area contributed by atoms with Crippen molar-refractivity contribution in [1.29, 1.82) is 0 Å². The molecule has 5 aromatic rings. The zero-order valence-corrected chi connectivity index (χ0v) is 25.7. The van der Waals surface area contributed by atoms with Crippen molar-refractivity contribution in [3.05, 3.63) is 111 Å². The summed E-state index contributed by atoms with van der Waals surface area (Å²) < 4.78 is 51.5. The van der Waals surface area contributed by atoms with Gasteiger partial charge in [-0.1, -0.05) is 42.5 Å². The SMILES string of the molecule is CCOc1cc(/C=N\NC(=O)Cc2csc(Nc3cccc(C(F)(F)F)c3)n2)c(Br)cc1OCc1ccc2ccccc2c1. The number of hydrogen-bond acceptors (Lipinski definition) is 7. The lowest BCUT2D eigenvalue weighted by Gasteiger charge is -2.14. The number of aromatic nitrogens is 1. The average molecular weight is 684 g/mol. The van der Waals surface area contributed by atoms with Crippen molar-refractivity contribution in [3.8, 4) is 11.5 Å². The normalized spacial score (nSPS) is 11.6. The van der Waals surface area contributed by atoms with Gasteiger partial charge in [0.2, 0.25) is 5.91 Å². The van der Waals surface area contributed by atoms with Gasteiger partial charge in [-0.3, -0.25) is 4.79 Å². The van der Waals surface area contributed by atoms with Gasteiger partial charge in [0.25, 0.3) is 0 Å². The third-order valence-electron chi connectivity index (χ3n) is 6.30. The second kappa shape index (κ2) is 13.9. The molecule has 1 heterocycles. The van der Waals surface area contributed by atoms with Gasteiger partial charge in [-0.2, -0.15) is 18.3 Å². The molecule has 7 nitrogen and oxygen atoms in total. The first-order valence-corrected chi connectivity index (χ1v) is 15.1. The molecule has 1 amide bonds. The first-order valence-electron chi connectivity index (χ1n) is 13.5. The monoisotopic (exact) mass is 682 g/mol. The van der Waals surface area contributed by atoms with Crippen LogP contribution < -0.4 is 20.2 Å². The number of fused-ring (bicyclic) bond motifs is 1. The third-order valence-corrected chi connectivity index (χ3v) is 7.79. The first-order chi connectivity index (χ1) is 21.2. The van der Waals surface area contributed by atoms with E-state index < -0.39 is 17.6 Å². The second-order valence-electron chi connectivity index (χ2n) is 9.54. The Balaban J connectivity index is 1.18. The molecule has 0 fully saturated rings. The van der Waals surface area contributed by atoms with E-state index in [4.69, 9.17) is 9.47 Å². The van der Waals surface area contributed by atoms with E-state index in [1.807, 2.05) is 25.1 Å². The predicted molar refractivity (Wildman–Crippen MR) is 170 cm³/mol. The number of ether oxygens (including phenoxy) is 2. The molecule has 2 N–H and O–H groups in total. The van der Waals surface area contributed by atoms with Crippen LogP contribution in [-0.2, 0) is 24.0 Å². The summed E-state index contributed by atoms with van der Waals surface area (Å²) in [5.74, 6) is 0.687. The number of amides is 1. The highest BCUT2D eigenvalue weighted by Gasteiger charge is 2.30. The summed E-state index contributed by atoms with van der Waals surface area (Å²) in [6.07, 6.45) is -3.02. The minimum atomic E-state index is -4.45. The Morgan fingerprint density at radius 1 is 1.00 bits per heavy atom. The molecule has 1 aromatic heterocycles. The number of carbonyl (C=O) groups excluding carboxylic acids is 1. The van der Waals surface area contributed by atoms with Crippen molar-refractivity contribution in [1.82, 2.24) is 10.4 Å². The van der Waals surface area contributed by atoms with Crippen molar-refractivity contribution in [2.75, 3.05) is 11.9 Å². The van der Waals surface area contributed by atoms with Crippen molar-refractivity contribution in [3.63, 3.8) is 0 Å². The largest absolute Gasteiger partial charge is 0.490 e. The van der Waals surface area contributed by atoms with Crippen LogP contribution in [0, 0.1) is 0 Å². The Bertz CT molecular complexity index is 1810. The summed E-state index contributed by atoms with van der Waals surface area (Å²) >= 11 is 4.72. The molecule has 4 aromatic carbocycles. The molecule has 0 aliphatic heterocycles. The number of rotatable bonds is 11. The fourth-order valence-electron chi connectivity index (χ4n) is 4.24. The summed E-state index contributed by atoms with van der Waals surface area (Å²) in [4.78, 5) is 16.8. The number of alkyl halides is 3. The number of carbonyl (C=O) groups is 1. The molecule has 226 valence electrons. The number of hydrazone groups is 1. The number of nitrogens with one attached hydrogen (secondary N) is 2. The highest BCUT2D eigenvalue weighted by Crippen LogP contribution is 2.34. The first kappa shape index (κ1) is 31.0. The van der Waals surface area contributed by atoms with Crippen LogP contribution in [-0.4, -0.2) is 23.7 Å². The average Bonchev–Trinajstić information content (AvgIpc) is 3.43. The van der Waals surface area contributed by atoms with Crippen LogP contribution in [0.15, 0.2) is 93.8 Å². The summed E-state index contributed by atoms with van der Waals surface area (Å²) in [5.41, 5.74) is 4.09. The van der Waals surface area contributed by atoms with Gasteiger partial charge in [0.15, 0.2) is 16.6 Å². The number of thiazole rings is 1. The summed E-state index contributed by atoms with van der Waals surface area (Å²) in [5, 5.41) is 11.2. The lowest BCUT2D eigenvalue weighted by atomic mass is 10.1. The van der Waals surface area contributed by atoms with Crippen LogP contribution in [0.2, 0.25) is 0 Å². The van der Waals surface area contributed by atoms with Crippen molar-refractivity contribution >= 4 is 61.0 Å². The maximum absolute atomic E-state index is 13.0. The van der Waals surface area contributed by atoms with Crippen LogP contribution in [0.3, 0.4) is 0 Å². The maximum atomic E-state index is 13.0. The molecule has 0 unspecified atom stereocenters. The van der Waals surface area contributed by atoms with Gasteiger partial charge in [-0.25, -0.2) is 10.4 Å². The molecule has 0 aliphatic rings. The third kappa shape index (κ3) is 8.14. The molecule has 0 saturated carbocycles. The van der Waals surface area contributed by atoms with E-state index in [0.717, 1.165) is 28.5 Å². The molecule has 5 rings (SSSR count). The maximum Gasteiger partial charge on any atom is 0.416 e. The number of nitrogens with zero attached hydrogens (tertiary/aromatic N) is 2. The van der Waals surface area contributed by atoms with E-state index in [1.54, 1.807) is 17.5 Å². The lowest BCUT2D eigenvalue weighted by Crippen LogP contribution is -2.20. The fourth-order valence-corrected chi connectivity index (χ4v) is 5.40. The standard InChI is InChI=1S/C32H26BrF3N4O3S/c1-2-42-28-13-23(27(33)16-29(28)43-18-20-10-11-21-6-3-4-7-22(21)12-20)17-37-40-30(41)15-26-19-44-31(39-26)38-25-9-5-8-24(14-25)32(34,35)36/h3-14,16-17,19H,2,15,18H2,1H3,(H,38,39)(H,40,41)/b37-17-. The van der Waals surface area contributed by atoms with Gasteiger partial charge in [-0.15, -0.1) is 11.3 Å². The lowest BCUT2D eigenvalue weighted by molar-refractivity contribution is -0.137. The topological polar surface area (TPSA) is 84.8 Å². The van der Waals surface area contributed by atoms with Crippen molar-refractivity contribution < 1.29 is 27.4 Å². The van der Waals surface area contributed by atoms with Gasteiger partial charge >= 0.3 is 6.18 Å². The number of hydrogen-bond donors (Lipinski definition) is 2. The molecule has 0 radical (unpaired) electrons. The Kier molecular flexibility index (Phi) is 9.81. The Hall–Kier alpha value is -4.42. The Morgan fingerprint density at radius 3 is 2.59 bits per heavy atom. The number of benzene rings is 4. The molecule has 0 aliphatic carbocycles. The molecule has 0 bridgehead atoms. The number of anilines is 2. The predicted octanol–water partition coefficient (Wildman–Crippen LogP) is 8.49. The second-order valence-corrected chi connectivity index (χ2v) is 11.3. The highest BCUT2D eigenvalue weighted by molar-refractivity contribution is 9.10. The van der Waals surface area contributed by atoms with Gasteiger partial charge < -0.3 is 14.8 Å². The van der Waals surface area contributed by atoms with E-state index in [-0.39, 0.29) is 12.1 Å². The zero-order valence-electron chi connectivity index (χ0n) is 23.3. The quantitative estimate of drug-likeness (QED) is 0.108. The minimum Gasteiger partial charge on any atom is -0.490 e.